The highest BCUT2D eigenvalue weighted by Gasteiger charge is 2.50. The molecule has 182 valence electrons. The maximum atomic E-state index is 12.8. The lowest BCUT2D eigenvalue weighted by Gasteiger charge is -2.34. The van der Waals surface area contributed by atoms with Gasteiger partial charge in [-0.2, -0.15) is 0 Å². The molecule has 0 saturated carbocycles. The second-order valence-electron chi connectivity index (χ2n) is 9.66. The number of likely N-dealkylation sites (tertiary alicyclic amines) is 1. The third-order valence-electron chi connectivity index (χ3n) is 7.58. The van der Waals surface area contributed by atoms with Crippen LogP contribution in [0.2, 0.25) is 0 Å². The van der Waals surface area contributed by atoms with Crippen LogP contribution in [-0.4, -0.2) is 48.9 Å². The molecule has 8 nitrogen and oxygen atoms in total. The summed E-state index contributed by atoms with van der Waals surface area (Å²) in [5.74, 6) is 1.01. The van der Waals surface area contributed by atoms with Crippen molar-refractivity contribution in [3.05, 3.63) is 96.6 Å². The Labute approximate surface area is 209 Å². The first-order chi connectivity index (χ1) is 17.4. The molecule has 2 aliphatic rings. The number of anilines is 1. The Hall–Kier alpha value is -4.01. The van der Waals surface area contributed by atoms with E-state index in [1.165, 1.54) is 6.08 Å². The predicted molar refractivity (Wildman–Crippen MR) is 138 cm³/mol. The van der Waals surface area contributed by atoms with Crippen LogP contribution in [0, 0.1) is 0 Å². The maximum Gasteiger partial charge on any atom is 0.246 e. The largest absolute Gasteiger partial charge is 0.382 e. The fourth-order valence-electron chi connectivity index (χ4n) is 5.73. The van der Waals surface area contributed by atoms with Crippen molar-refractivity contribution < 1.29 is 9.90 Å². The number of imidazole rings is 1. The number of nitrogens with one attached hydrogen (secondary N) is 1. The van der Waals surface area contributed by atoms with Crippen molar-refractivity contribution >= 4 is 17.2 Å². The minimum absolute atomic E-state index is 0.0955. The number of nitrogen functional groups attached to an aromatic ring is 1. The Morgan fingerprint density at radius 3 is 2.64 bits per heavy atom. The number of hydrogen-bond donors (Lipinski definition) is 3. The van der Waals surface area contributed by atoms with E-state index in [9.17, 15) is 9.90 Å². The normalized spacial score (nSPS) is 22.6. The van der Waals surface area contributed by atoms with E-state index in [0.717, 1.165) is 35.5 Å². The van der Waals surface area contributed by atoms with Crippen molar-refractivity contribution in [1.82, 2.24) is 24.6 Å². The molecule has 6 rings (SSSR count). The molecule has 2 saturated heterocycles. The van der Waals surface area contributed by atoms with Gasteiger partial charge in [0.1, 0.15) is 34.5 Å². The lowest BCUT2D eigenvalue weighted by atomic mass is 9.87. The number of carbonyl (C=O) groups excluding carboxylic acids is 1. The Morgan fingerprint density at radius 2 is 1.92 bits per heavy atom. The Morgan fingerprint density at radius 1 is 1.19 bits per heavy atom. The van der Waals surface area contributed by atoms with Gasteiger partial charge in [0.2, 0.25) is 5.91 Å². The van der Waals surface area contributed by atoms with Crippen molar-refractivity contribution in [3.63, 3.8) is 0 Å². The number of rotatable bonds is 5. The van der Waals surface area contributed by atoms with Gasteiger partial charge in [0.25, 0.3) is 0 Å². The van der Waals surface area contributed by atoms with Crippen molar-refractivity contribution in [2.24, 2.45) is 0 Å². The molecule has 4 aromatic rings. The van der Waals surface area contributed by atoms with Crippen molar-refractivity contribution in [1.29, 1.82) is 0 Å². The summed E-state index contributed by atoms with van der Waals surface area (Å²) in [6, 6.07) is 17.3. The second kappa shape index (κ2) is 8.29. The number of carbonyl (C=O) groups is 1. The number of aliphatic hydroxyl groups is 1. The third kappa shape index (κ3) is 3.33. The first-order valence-electron chi connectivity index (χ1n) is 12.1. The Balaban J connectivity index is 1.45. The van der Waals surface area contributed by atoms with Crippen LogP contribution in [0.25, 0.3) is 16.8 Å². The molecule has 2 fully saturated rings. The van der Waals surface area contributed by atoms with E-state index in [0.29, 0.717) is 17.0 Å². The molecule has 1 amide bonds. The highest BCUT2D eigenvalue weighted by atomic mass is 16.3. The van der Waals surface area contributed by atoms with Crippen LogP contribution < -0.4 is 11.1 Å². The van der Waals surface area contributed by atoms with Crippen LogP contribution >= 0.6 is 0 Å². The number of piperazine rings is 1. The molecular formula is C28H28N6O2. The topological polar surface area (TPSA) is 109 Å². The van der Waals surface area contributed by atoms with Crippen molar-refractivity contribution in [2.75, 3.05) is 12.3 Å². The van der Waals surface area contributed by atoms with Gasteiger partial charge >= 0.3 is 0 Å². The highest BCUT2D eigenvalue weighted by Crippen LogP contribution is 2.42. The third-order valence-corrected chi connectivity index (χ3v) is 7.58. The van der Waals surface area contributed by atoms with E-state index in [4.69, 9.17) is 10.7 Å². The standard InChI is InChI=1S/C28H28N6O2/c1-3-22(35)34-20-15-21(31-16-20)24(34)27-32-23(25-26(29)30-13-14-33(25)27)17-9-11-19(12-10-17)28(2,36)18-7-5-4-6-8-18/h3-14,20-21,24,31,36H,1,15-16H2,2H3,(H2,29,30)/t20?,21-,24?,28?/m0/s1. The van der Waals surface area contributed by atoms with Gasteiger partial charge in [0.05, 0.1) is 0 Å². The lowest BCUT2D eigenvalue weighted by molar-refractivity contribution is -0.130. The fraction of sp³-hybridized carbons (Fsp3) is 0.250. The monoisotopic (exact) mass is 480 g/mol. The number of hydrogen-bond acceptors (Lipinski definition) is 6. The van der Waals surface area contributed by atoms with Gasteiger partial charge < -0.3 is 21.1 Å². The Bertz CT molecular complexity index is 1460. The summed E-state index contributed by atoms with van der Waals surface area (Å²) in [6.07, 6.45) is 5.74. The molecule has 4 atom stereocenters. The van der Waals surface area contributed by atoms with Gasteiger partial charge in [-0.3, -0.25) is 9.20 Å². The van der Waals surface area contributed by atoms with Gasteiger partial charge in [-0.25, -0.2) is 9.97 Å². The number of nitrogens with two attached hydrogens (primary N) is 1. The summed E-state index contributed by atoms with van der Waals surface area (Å²) in [4.78, 5) is 24.1. The number of benzene rings is 2. The van der Waals surface area contributed by atoms with E-state index >= 15 is 0 Å². The second-order valence-corrected chi connectivity index (χ2v) is 9.66. The van der Waals surface area contributed by atoms with Crippen molar-refractivity contribution in [3.8, 4) is 11.3 Å². The molecule has 0 aliphatic carbocycles. The number of amides is 1. The average Bonchev–Trinajstić information content (AvgIpc) is 3.62. The fourth-order valence-corrected chi connectivity index (χ4v) is 5.73. The summed E-state index contributed by atoms with van der Waals surface area (Å²) in [6.45, 7) is 6.26. The molecular weight excluding hydrogens is 452 g/mol. The summed E-state index contributed by atoms with van der Waals surface area (Å²) >= 11 is 0. The SMILES string of the molecule is C=CC(=O)N1C2CN[C@@H](C2)C1c1nc(-c2ccc(C(C)(O)c3ccccc3)cc2)c2c(N)nccn12. The molecule has 8 heteroatoms. The van der Waals surface area contributed by atoms with Gasteiger partial charge in [-0.05, 0) is 30.5 Å². The number of nitrogens with zero attached hydrogens (tertiary/aromatic N) is 4. The Kier molecular flexibility index (Phi) is 5.17. The van der Waals surface area contributed by atoms with Crippen LogP contribution in [0.3, 0.4) is 0 Å². The zero-order valence-corrected chi connectivity index (χ0v) is 20.0. The molecule has 0 radical (unpaired) electrons. The van der Waals surface area contributed by atoms with Crippen LogP contribution in [0.1, 0.15) is 36.3 Å². The first-order valence-corrected chi connectivity index (χ1v) is 12.1. The van der Waals surface area contributed by atoms with Crippen LogP contribution in [-0.2, 0) is 10.4 Å². The lowest BCUT2D eigenvalue weighted by Crippen LogP contribution is -2.48. The van der Waals surface area contributed by atoms with Gasteiger partial charge in [0.15, 0.2) is 0 Å². The van der Waals surface area contributed by atoms with Gasteiger partial charge in [-0.15, -0.1) is 0 Å². The quantitative estimate of drug-likeness (QED) is 0.379. The maximum absolute atomic E-state index is 12.8. The molecule has 36 heavy (non-hydrogen) atoms. The van der Waals surface area contributed by atoms with Crippen LogP contribution in [0.4, 0.5) is 5.82 Å². The molecule has 3 unspecified atom stereocenters. The first kappa shape index (κ1) is 22.5. The summed E-state index contributed by atoms with van der Waals surface area (Å²) in [7, 11) is 0. The van der Waals surface area contributed by atoms with E-state index in [2.05, 4.69) is 16.9 Å². The number of fused-ring (bicyclic) bond motifs is 3. The predicted octanol–water partition coefficient (Wildman–Crippen LogP) is 3.03. The molecule has 0 spiro atoms. The van der Waals surface area contributed by atoms with Crippen LogP contribution in [0.15, 0.2) is 79.6 Å². The zero-order valence-electron chi connectivity index (χ0n) is 20.0. The minimum Gasteiger partial charge on any atom is -0.382 e. The molecule has 4 heterocycles. The van der Waals surface area contributed by atoms with Crippen LogP contribution in [0.5, 0.6) is 0 Å². The van der Waals surface area contributed by atoms with E-state index in [1.54, 1.807) is 13.1 Å². The smallest absolute Gasteiger partial charge is 0.246 e. The minimum atomic E-state index is -1.14. The molecule has 4 N–H and O–H groups in total. The van der Waals surface area contributed by atoms with E-state index in [-0.39, 0.29) is 24.0 Å². The summed E-state index contributed by atoms with van der Waals surface area (Å²) in [5, 5.41) is 14.8. The number of aromatic nitrogens is 3. The summed E-state index contributed by atoms with van der Waals surface area (Å²) in [5.41, 5.74) is 9.04. The molecule has 2 aliphatic heterocycles. The molecule has 2 bridgehead atoms. The van der Waals surface area contributed by atoms with E-state index < -0.39 is 5.60 Å². The molecule has 2 aromatic carbocycles. The van der Waals surface area contributed by atoms with Gasteiger partial charge in [0, 0.05) is 36.6 Å². The molecule has 2 aromatic heterocycles. The van der Waals surface area contributed by atoms with Gasteiger partial charge in [-0.1, -0.05) is 61.2 Å². The highest BCUT2D eigenvalue weighted by molar-refractivity contribution is 5.89. The summed E-state index contributed by atoms with van der Waals surface area (Å²) < 4.78 is 1.95. The zero-order chi connectivity index (χ0) is 25.0. The average molecular weight is 481 g/mol. The van der Waals surface area contributed by atoms with E-state index in [1.807, 2.05) is 70.1 Å². The van der Waals surface area contributed by atoms with Crippen molar-refractivity contribution in [2.45, 2.75) is 37.1 Å².